The third kappa shape index (κ3) is 13.0. The van der Waals surface area contributed by atoms with Crippen molar-refractivity contribution in [2.45, 2.75) is 88.5 Å². The standard InChI is InChI=1S/C44H66N4O9/c1-43(2,21-13-11-19-37-44(3,4)33-16-8-10-18-35(33)48(37)6)32-15-7-9-17-34(32)47(5)25-14-12-20-38(50)46-24-27-55-30-29-54-26-22-45-23-28-56-42-41(53)40(52)39(51)36(31-49)57-42/h7-11,13,15-19,21,36,39-42,45,49,51-53H,12,14,20,22-31H2,1-6H3/p+1/b19-11+,21-13-/t36-,39-,40+,41-,42+/m1/s1. The molecule has 13 heteroatoms. The second-order valence-electron chi connectivity index (χ2n) is 15.8. The highest BCUT2D eigenvalue weighted by atomic mass is 16.7. The number of aliphatic hydroxyl groups excluding tert-OH is 4. The van der Waals surface area contributed by atoms with E-state index in [1.165, 1.54) is 28.2 Å². The summed E-state index contributed by atoms with van der Waals surface area (Å²) in [6, 6.07) is 17.2. The Morgan fingerprint density at radius 3 is 2.33 bits per heavy atom. The topological polar surface area (TPSA) is 165 Å². The van der Waals surface area contributed by atoms with Gasteiger partial charge in [0.25, 0.3) is 0 Å². The molecule has 2 aromatic carbocycles. The largest absolute Gasteiger partial charge is 0.394 e. The zero-order chi connectivity index (χ0) is 41.4. The van der Waals surface area contributed by atoms with Gasteiger partial charge in [0, 0.05) is 68.5 Å². The lowest BCUT2D eigenvalue weighted by molar-refractivity contribution is -0.401. The van der Waals surface area contributed by atoms with E-state index in [4.69, 9.17) is 18.9 Å². The Morgan fingerprint density at radius 2 is 1.60 bits per heavy atom. The number of benzene rings is 2. The van der Waals surface area contributed by atoms with Crippen molar-refractivity contribution in [3.63, 3.8) is 0 Å². The zero-order valence-electron chi connectivity index (χ0n) is 34.7. The molecule has 5 atom stereocenters. The number of fused-ring (bicyclic) bond motifs is 1. The van der Waals surface area contributed by atoms with Gasteiger partial charge in [-0.15, -0.1) is 0 Å². The molecule has 0 saturated carbocycles. The number of para-hydroxylation sites is 2. The molecule has 57 heavy (non-hydrogen) atoms. The van der Waals surface area contributed by atoms with Gasteiger partial charge in [0.1, 0.15) is 31.5 Å². The van der Waals surface area contributed by atoms with Crippen LogP contribution < -0.4 is 15.5 Å². The van der Waals surface area contributed by atoms with E-state index >= 15 is 0 Å². The van der Waals surface area contributed by atoms with Crippen LogP contribution in [0.25, 0.3) is 0 Å². The van der Waals surface area contributed by atoms with Crippen LogP contribution in [0, 0.1) is 0 Å². The SMILES string of the molecule is CN(CCCCC(=O)NCCOCCOCCNCCO[C@H]1O[C@H](CO)[C@@H](O)[C@H](O)[C@H]1O)c1ccccc1C(C)(C)/C=C\C=C\C1=[N+](C)c2ccccc2C1(C)C. The summed E-state index contributed by atoms with van der Waals surface area (Å²) in [4.78, 5) is 14.7. The van der Waals surface area contributed by atoms with Crippen LogP contribution in [0.5, 0.6) is 0 Å². The van der Waals surface area contributed by atoms with Crippen LogP contribution in [-0.4, -0.2) is 147 Å². The van der Waals surface area contributed by atoms with Gasteiger partial charge in [-0.1, -0.05) is 68.5 Å². The van der Waals surface area contributed by atoms with Gasteiger partial charge in [-0.25, -0.2) is 0 Å². The highest BCUT2D eigenvalue weighted by Crippen LogP contribution is 2.39. The molecule has 2 aliphatic rings. The Balaban J connectivity index is 1.04. The molecule has 0 spiro atoms. The first-order chi connectivity index (χ1) is 27.3. The summed E-state index contributed by atoms with van der Waals surface area (Å²) in [6.07, 6.45) is 4.56. The summed E-state index contributed by atoms with van der Waals surface area (Å²) in [5.74, 6) is 0.0213. The Hall–Kier alpha value is -3.50. The second-order valence-corrected chi connectivity index (χ2v) is 15.8. The first kappa shape index (κ1) is 46.2. The summed E-state index contributed by atoms with van der Waals surface area (Å²) in [7, 11) is 4.26. The van der Waals surface area contributed by atoms with E-state index in [2.05, 4.69) is 135 Å². The Kier molecular flexibility index (Phi) is 18.3. The van der Waals surface area contributed by atoms with E-state index in [9.17, 15) is 25.2 Å². The number of amides is 1. The van der Waals surface area contributed by atoms with E-state index in [-0.39, 0.29) is 23.3 Å². The maximum Gasteiger partial charge on any atom is 0.220 e. The predicted molar refractivity (Wildman–Crippen MR) is 222 cm³/mol. The molecule has 0 bridgehead atoms. The summed E-state index contributed by atoms with van der Waals surface area (Å²) < 4.78 is 24.1. The first-order valence-electron chi connectivity index (χ1n) is 20.2. The van der Waals surface area contributed by atoms with Crippen LogP contribution in [0.15, 0.2) is 72.8 Å². The van der Waals surface area contributed by atoms with E-state index in [1.54, 1.807) is 0 Å². The van der Waals surface area contributed by atoms with Crippen molar-refractivity contribution in [3.05, 3.63) is 84.0 Å². The number of allylic oxidation sites excluding steroid dienone is 4. The van der Waals surface area contributed by atoms with Crippen molar-refractivity contribution >= 4 is 23.0 Å². The lowest BCUT2D eigenvalue weighted by Crippen LogP contribution is -2.59. The number of aliphatic hydroxyl groups is 4. The molecular formula is C44H67N4O9+. The van der Waals surface area contributed by atoms with Gasteiger partial charge < -0.3 is 54.9 Å². The van der Waals surface area contributed by atoms with E-state index in [0.717, 1.165) is 19.4 Å². The van der Waals surface area contributed by atoms with Gasteiger partial charge in [0.15, 0.2) is 12.0 Å². The summed E-state index contributed by atoms with van der Waals surface area (Å²) in [6.45, 7) is 12.8. The smallest absolute Gasteiger partial charge is 0.220 e. The van der Waals surface area contributed by atoms with Gasteiger partial charge in [-0.3, -0.25) is 4.79 Å². The molecule has 0 unspecified atom stereocenters. The van der Waals surface area contributed by atoms with Crippen molar-refractivity contribution in [1.82, 2.24) is 10.6 Å². The maximum atomic E-state index is 12.4. The normalized spacial score (nSPS) is 22.1. The molecule has 0 radical (unpaired) electrons. The summed E-state index contributed by atoms with van der Waals surface area (Å²) in [5.41, 5.74) is 6.10. The number of nitrogens with zero attached hydrogens (tertiary/aromatic N) is 2. The Morgan fingerprint density at radius 1 is 0.912 bits per heavy atom. The van der Waals surface area contributed by atoms with E-state index in [0.29, 0.717) is 52.5 Å². The number of ether oxygens (including phenoxy) is 4. The lowest BCUT2D eigenvalue weighted by Gasteiger charge is -2.39. The zero-order valence-corrected chi connectivity index (χ0v) is 34.7. The van der Waals surface area contributed by atoms with Crippen LogP contribution >= 0.6 is 0 Å². The lowest BCUT2D eigenvalue weighted by atomic mass is 9.81. The monoisotopic (exact) mass is 795 g/mol. The second kappa shape index (κ2) is 22.6. The van der Waals surface area contributed by atoms with Gasteiger partial charge in [0.05, 0.1) is 45.1 Å². The van der Waals surface area contributed by atoms with E-state index in [1.807, 2.05) is 0 Å². The molecule has 316 valence electrons. The molecule has 2 aromatic rings. The van der Waals surface area contributed by atoms with Crippen LogP contribution in [-0.2, 0) is 34.6 Å². The number of anilines is 1. The number of rotatable bonds is 24. The minimum atomic E-state index is -1.46. The minimum Gasteiger partial charge on any atom is -0.394 e. The van der Waals surface area contributed by atoms with Crippen molar-refractivity contribution in [1.29, 1.82) is 0 Å². The quantitative estimate of drug-likeness (QED) is 0.0526. The molecule has 4 rings (SSSR count). The molecule has 1 amide bonds. The van der Waals surface area contributed by atoms with Gasteiger partial charge in [-0.05, 0) is 38.3 Å². The molecule has 2 heterocycles. The maximum absolute atomic E-state index is 12.4. The number of carbonyl (C=O) groups is 1. The van der Waals surface area contributed by atoms with Crippen LogP contribution in [0.2, 0.25) is 0 Å². The predicted octanol–water partition coefficient (Wildman–Crippen LogP) is 2.94. The molecule has 13 nitrogen and oxygen atoms in total. The van der Waals surface area contributed by atoms with Gasteiger partial charge in [-0.2, -0.15) is 4.58 Å². The number of unbranched alkanes of at least 4 members (excludes halogenated alkanes) is 1. The molecule has 0 aromatic heterocycles. The van der Waals surface area contributed by atoms with E-state index < -0.39 is 37.3 Å². The summed E-state index contributed by atoms with van der Waals surface area (Å²) in [5, 5.41) is 44.9. The average molecular weight is 796 g/mol. The molecule has 1 saturated heterocycles. The number of hydrogen-bond acceptors (Lipinski definition) is 11. The minimum absolute atomic E-state index is 0.0213. The number of hydrogen-bond donors (Lipinski definition) is 6. The van der Waals surface area contributed by atoms with Crippen LogP contribution in [0.1, 0.15) is 58.1 Å². The van der Waals surface area contributed by atoms with Gasteiger partial charge in [0.2, 0.25) is 11.6 Å². The molecular weight excluding hydrogens is 729 g/mol. The fraction of sp³-hybridized carbons (Fsp3) is 0.591. The van der Waals surface area contributed by atoms with Gasteiger partial charge >= 0.3 is 0 Å². The Bertz CT molecular complexity index is 1640. The average Bonchev–Trinajstić information content (AvgIpc) is 3.39. The van der Waals surface area contributed by atoms with Crippen LogP contribution in [0.3, 0.4) is 0 Å². The third-order valence-electron chi connectivity index (χ3n) is 10.7. The van der Waals surface area contributed by atoms with Crippen LogP contribution in [0.4, 0.5) is 11.4 Å². The van der Waals surface area contributed by atoms with Crippen molar-refractivity contribution in [2.24, 2.45) is 0 Å². The van der Waals surface area contributed by atoms with Crippen molar-refractivity contribution < 1.29 is 48.7 Å². The molecule has 2 aliphatic heterocycles. The molecule has 6 N–H and O–H groups in total. The summed E-state index contributed by atoms with van der Waals surface area (Å²) >= 11 is 0. The highest BCUT2D eigenvalue weighted by molar-refractivity contribution is 6.03. The highest BCUT2D eigenvalue weighted by Gasteiger charge is 2.44. The molecule has 0 aliphatic carbocycles. The van der Waals surface area contributed by atoms with Crippen molar-refractivity contribution in [2.75, 3.05) is 84.8 Å². The van der Waals surface area contributed by atoms with Crippen molar-refractivity contribution in [3.8, 4) is 0 Å². The first-order valence-corrected chi connectivity index (χ1v) is 20.2. The third-order valence-corrected chi connectivity index (χ3v) is 10.7. The Labute approximate surface area is 339 Å². The molecule has 1 fully saturated rings. The number of nitrogens with one attached hydrogen (secondary N) is 2. The number of carbonyl (C=O) groups excluding carboxylic acids is 1. The fourth-order valence-corrected chi connectivity index (χ4v) is 7.34. The fourth-order valence-electron chi connectivity index (χ4n) is 7.34.